The lowest BCUT2D eigenvalue weighted by molar-refractivity contribution is -0.160. The molecule has 0 aliphatic heterocycles. The Labute approximate surface area is 114 Å². The van der Waals surface area contributed by atoms with Crippen LogP contribution in [0.25, 0.3) is 0 Å². The van der Waals surface area contributed by atoms with Crippen molar-refractivity contribution in [2.24, 2.45) is 0 Å². The summed E-state index contributed by atoms with van der Waals surface area (Å²) in [5, 5.41) is 57.8. The number of carbonyl (C=O) groups excluding carboxylic acids is 1. The van der Waals surface area contributed by atoms with Crippen LogP contribution in [-0.2, 0) is 9.47 Å². The highest BCUT2D eigenvalue weighted by Crippen LogP contribution is 2.12. The minimum atomic E-state index is -2.00. The zero-order valence-electron chi connectivity index (χ0n) is 10.7. The molecule has 20 heavy (non-hydrogen) atoms. The molecule has 0 heterocycles. The van der Waals surface area contributed by atoms with Crippen molar-refractivity contribution < 1.29 is 44.9 Å². The van der Waals surface area contributed by atoms with E-state index >= 15 is 0 Å². The second-order valence-corrected chi connectivity index (χ2v) is 3.74. The Kier molecular flexibility index (Phi) is 8.52. The quantitative estimate of drug-likeness (QED) is 0.144. The van der Waals surface area contributed by atoms with Crippen molar-refractivity contribution in [1.29, 1.82) is 0 Å². The second kappa shape index (κ2) is 8.99. The van der Waals surface area contributed by atoms with E-state index in [1.54, 1.807) is 0 Å². The number of aliphatic hydroxyl groups is 6. The van der Waals surface area contributed by atoms with Crippen LogP contribution in [0.4, 0.5) is 4.79 Å². The Morgan fingerprint density at radius 3 is 1.25 bits per heavy atom. The van der Waals surface area contributed by atoms with E-state index in [1.165, 1.54) is 0 Å². The molecule has 0 saturated carbocycles. The minimum Gasteiger partial charge on any atom is -0.407 e. The van der Waals surface area contributed by atoms with Crippen LogP contribution in [0.2, 0.25) is 0 Å². The molecule has 120 valence electrons. The molecule has 8 N–H and O–H groups in total. The normalized spacial score (nSPS) is 12.3. The number of rotatable bonds is 10. The maximum absolute atomic E-state index is 11.5. The summed E-state index contributed by atoms with van der Waals surface area (Å²) in [7, 11) is 0. The van der Waals surface area contributed by atoms with E-state index in [9.17, 15) is 4.79 Å². The molecule has 0 rings (SSSR count). The van der Waals surface area contributed by atoms with Crippen molar-refractivity contribution in [3.8, 4) is 0 Å². The molecule has 0 aromatic rings. The fourth-order valence-corrected chi connectivity index (χ4v) is 1.15. The molecule has 0 aromatic heterocycles. The van der Waals surface area contributed by atoms with Crippen molar-refractivity contribution in [1.82, 2.24) is 10.6 Å². The molecule has 0 fully saturated rings. The highest BCUT2D eigenvalue weighted by atomic mass is 16.8. The molecular formula is C9H20N2O9. The van der Waals surface area contributed by atoms with Crippen LogP contribution in [0.5, 0.6) is 0 Å². The molecule has 0 unspecified atom stereocenters. The first kappa shape index (κ1) is 18.9. The number of nitrogens with one attached hydrogen (secondary N) is 2. The standard InChI is InChI=1S/C9H20N2O9/c12-1-8(2-13,10-5-16)19-7(18)20-9(3-14,4-15)11-6-17/h10-17H,1-6H2. The van der Waals surface area contributed by atoms with Gasteiger partial charge in [0, 0.05) is 0 Å². The van der Waals surface area contributed by atoms with Gasteiger partial charge in [0.2, 0.25) is 11.4 Å². The molecule has 11 nitrogen and oxygen atoms in total. The van der Waals surface area contributed by atoms with E-state index in [4.69, 9.17) is 30.6 Å². The van der Waals surface area contributed by atoms with Crippen LogP contribution in [0.3, 0.4) is 0 Å². The van der Waals surface area contributed by atoms with Crippen LogP contribution in [-0.4, -0.2) is 88.1 Å². The molecule has 0 radical (unpaired) electrons. The zero-order chi connectivity index (χ0) is 15.6. The predicted molar refractivity (Wildman–Crippen MR) is 61.8 cm³/mol. The summed E-state index contributed by atoms with van der Waals surface area (Å²) >= 11 is 0. The number of hydrogen-bond donors (Lipinski definition) is 8. The Hall–Kier alpha value is -1.05. The number of ether oxygens (including phenoxy) is 2. The molecule has 11 heteroatoms. The Morgan fingerprint density at radius 2 is 1.05 bits per heavy atom. The Morgan fingerprint density at radius 1 is 0.750 bits per heavy atom. The average molecular weight is 300 g/mol. The first-order chi connectivity index (χ1) is 9.46. The SMILES string of the molecule is O=C(OC(CO)(CO)NCO)OC(CO)(CO)NCO. The third-order valence-electron chi connectivity index (χ3n) is 2.38. The Bertz CT molecular complexity index is 255. The molecular weight excluding hydrogens is 280 g/mol. The van der Waals surface area contributed by atoms with Gasteiger partial charge in [0.05, 0.1) is 39.9 Å². The molecule has 0 bridgehead atoms. The van der Waals surface area contributed by atoms with Crippen molar-refractivity contribution in [3.63, 3.8) is 0 Å². The Balaban J connectivity index is 4.80. The fraction of sp³-hybridized carbons (Fsp3) is 0.889. The van der Waals surface area contributed by atoms with Gasteiger partial charge in [-0.15, -0.1) is 0 Å². The summed E-state index contributed by atoms with van der Waals surface area (Å²) in [6, 6.07) is 0. The number of carbonyl (C=O) groups is 1. The summed E-state index contributed by atoms with van der Waals surface area (Å²) < 4.78 is 9.21. The van der Waals surface area contributed by atoms with Gasteiger partial charge in [0.25, 0.3) is 0 Å². The van der Waals surface area contributed by atoms with Crippen molar-refractivity contribution in [2.75, 3.05) is 39.9 Å². The average Bonchev–Trinajstić information content (AvgIpc) is 2.46. The first-order valence-corrected chi connectivity index (χ1v) is 5.54. The van der Waals surface area contributed by atoms with E-state index in [1.807, 2.05) is 0 Å². The lowest BCUT2D eigenvalue weighted by Crippen LogP contribution is -2.59. The summed E-state index contributed by atoms with van der Waals surface area (Å²) in [5.41, 5.74) is -4.00. The smallest absolute Gasteiger partial charge is 0.407 e. The van der Waals surface area contributed by atoms with Gasteiger partial charge in [-0.05, 0) is 0 Å². The second-order valence-electron chi connectivity index (χ2n) is 3.74. The number of hydrogen-bond acceptors (Lipinski definition) is 11. The molecule has 0 spiro atoms. The maximum Gasteiger partial charge on any atom is 0.512 e. The monoisotopic (exact) mass is 300 g/mol. The maximum atomic E-state index is 11.5. The van der Waals surface area contributed by atoms with Crippen LogP contribution < -0.4 is 10.6 Å². The molecule has 0 atom stereocenters. The highest BCUT2D eigenvalue weighted by Gasteiger charge is 2.38. The van der Waals surface area contributed by atoms with Gasteiger partial charge >= 0.3 is 6.16 Å². The largest absolute Gasteiger partial charge is 0.512 e. The number of aliphatic hydroxyl groups excluding tert-OH is 6. The minimum absolute atomic E-state index is 0.714. The first-order valence-electron chi connectivity index (χ1n) is 5.54. The van der Waals surface area contributed by atoms with Gasteiger partial charge in [0.15, 0.2) is 0 Å². The lowest BCUT2D eigenvalue weighted by Gasteiger charge is -2.33. The summed E-state index contributed by atoms with van der Waals surface area (Å²) in [5.74, 6) is 0. The molecule has 0 saturated heterocycles. The van der Waals surface area contributed by atoms with Gasteiger partial charge in [-0.1, -0.05) is 0 Å². The zero-order valence-corrected chi connectivity index (χ0v) is 10.7. The molecule has 0 amide bonds. The van der Waals surface area contributed by atoms with E-state index in [-0.39, 0.29) is 0 Å². The van der Waals surface area contributed by atoms with E-state index in [0.29, 0.717) is 0 Å². The van der Waals surface area contributed by atoms with Crippen LogP contribution in [0.1, 0.15) is 0 Å². The predicted octanol–water partition coefficient (Wildman–Crippen LogP) is -4.42. The van der Waals surface area contributed by atoms with Crippen molar-refractivity contribution in [3.05, 3.63) is 0 Å². The van der Waals surface area contributed by atoms with Gasteiger partial charge in [-0.25, -0.2) is 4.79 Å². The molecule has 0 aliphatic rings. The van der Waals surface area contributed by atoms with E-state index < -0.39 is 57.5 Å². The lowest BCUT2D eigenvalue weighted by atomic mass is 10.2. The van der Waals surface area contributed by atoms with Gasteiger partial charge in [-0.3, -0.25) is 10.6 Å². The van der Waals surface area contributed by atoms with Crippen LogP contribution in [0.15, 0.2) is 0 Å². The highest BCUT2D eigenvalue weighted by molar-refractivity contribution is 5.61. The summed E-state index contributed by atoms with van der Waals surface area (Å²) in [6.45, 7) is -4.94. The third kappa shape index (κ3) is 5.15. The summed E-state index contributed by atoms with van der Waals surface area (Å²) in [4.78, 5) is 11.5. The summed E-state index contributed by atoms with van der Waals surface area (Å²) in [6.07, 6.45) is -1.47. The fourth-order valence-electron chi connectivity index (χ4n) is 1.15. The van der Waals surface area contributed by atoms with Crippen LogP contribution >= 0.6 is 0 Å². The van der Waals surface area contributed by atoms with Crippen molar-refractivity contribution >= 4 is 6.16 Å². The molecule has 0 aliphatic carbocycles. The van der Waals surface area contributed by atoms with Crippen molar-refractivity contribution in [2.45, 2.75) is 11.4 Å². The topological polar surface area (TPSA) is 181 Å². The third-order valence-corrected chi connectivity index (χ3v) is 2.38. The van der Waals surface area contributed by atoms with E-state index in [2.05, 4.69) is 20.1 Å². The van der Waals surface area contributed by atoms with Gasteiger partial charge in [0.1, 0.15) is 0 Å². The van der Waals surface area contributed by atoms with Gasteiger partial charge in [-0.2, -0.15) is 0 Å². The van der Waals surface area contributed by atoms with E-state index in [0.717, 1.165) is 0 Å². The van der Waals surface area contributed by atoms with Crippen LogP contribution in [0, 0.1) is 0 Å². The van der Waals surface area contributed by atoms with Gasteiger partial charge < -0.3 is 40.1 Å². The molecule has 0 aromatic carbocycles.